The van der Waals surface area contributed by atoms with Crippen LogP contribution in [-0.2, 0) is 20.0 Å². The van der Waals surface area contributed by atoms with Crippen LogP contribution in [0.5, 0.6) is 0 Å². The first-order valence-electron chi connectivity index (χ1n) is 20.1. The van der Waals surface area contributed by atoms with Gasteiger partial charge in [-0.1, -0.05) is 85.6 Å². The standard InChI is InChI=1S/2C24H26N2O2S/c2*1-18-8-3-4-12-24(18)29(27,28)26-15-6-5-11-23(26)21-10-7-9-20(16-21)22-13-14-25-17-19(22)2/h2*3-4,7-10,12-14,16-17,23H,5-6,11,15H2,1-2H3. The normalized spacial score (nSPS) is 17.9. The van der Waals surface area contributed by atoms with Gasteiger partial charge in [-0.3, -0.25) is 9.97 Å². The summed E-state index contributed by atoms with van der Waals surface area (Å²) in [4.78, 5) is 9.18. The molecule has 2 fully saturated rings. The molecule has 2 aliphatic rings. The minimum atomic E-state index is -3.55. The Balaban J connectivity index is 0.000000177. The van der Waals surface area contributed by atoms with Gasteiger partial charge in [0.25, 0.3) is 0 Å². The molecular weight excluding hydrogens is 761 g/mol. The largest absolute Gasteiger partial charge is 0.264 e. The van der Waals surface area contributed by atoms with Gasteiger partial charge in [0.15, 0.2) is 0 Å². The summed E-state index contributed by atoms with van der Waals surface area (Å²) in [6.07, 6.45) is 12.8. The van der Waals surface area contributed by atoms with E-state index in [1.54, 1.807) is 45.3 Å². The number of hydrogen-bond acceptors (Lipinski definition) is 6. The van der Waals surface area contributed by atoms with E-state index in [1.807, 2.05) is 88.6 Å². The van der Waals surface area contributed by atoms with Crippen LogP contribution in [0.25, 0.3) is 22.3 Å². The van der Waals surface area contributed by atoms with Crippen molar-refractivity contribution in [2.75, 3.05) is 13.1 Å². The molecule has 0 spiro atoms. The third-order valence-corrected chi connectivity index (χ3v) is 15.6. The summed E-state index contributed by atoms with van der Waals surface area (Å²) in [6, 6.07) is 34.8. The van der Waals surface area contributed by atoms with E-state index in [4.69, 9.17) is 0 Å². The van der Waals surface area contributed by atoms with Crippen LogP contribution in [0.4, 0.5) is 0 Å². The average molecular weight is 813 g/mol. The Morgan fingerprint density at radius 1 is 0.483 bits per heavy atom. The van der Waals surface area contributed by atoms with Crippen molar-refractivity contribution in [2.24, 2.45) is 0 Å². The second-order valence-corrected chi connectivity index (χ2v) is 19.1. The van der Waals surface area contributed by atoms with Crippen molar-refractivity contribution in [3.63, 3.8) is 0 Å². The van der Waals surface area contributed by atoms with Crippen molar-refractivity contribution >= 4 is 20.0 Å². The summed E-state index contributed by atoms with van der Waals surface area (Å²) in [5, 5.41) is 0. The maximum absolute atomic E-state index is 13.5. The maximum atomic E-state index is 13.5. The summed E-state index contributed by atoms with van der Waals surface area (Å²) in [5.74, 6) is 0. The van der Waals surface area contributed by atoms with E-state index in [1.165, 1.54) is 0 Å². The predicted molar refractivity (Wildman–Crippen MR) is 232 cm³/mol. The Morgan fingerprint density at radius 3 is 1.29 bits per heavy atom. The second kappa shape index (κ2) is 17.9. The molecule has 4 aromatic carbocycles. The van der Waals surface area contributed by atoms with E-state index < -0.39 is 20.0 Å². The highest BCUT2D eigenvalue weighted by molar-refractivity contribution is 7.89. The van der Waals surface area contributed by atoms with Gasteiger partial charge in [0.1, 0.15) is 0 Å². The number of rotatable bonds is 8. The molecule has 2 unspecified atom stereocenters. The number of pyridine rings is 2. The number of aryl methyl sites for hydroxylation is 4. The maximum Gasteiger partial charge on any atom is 0.243 e. The van der Waals surface area contributed by atoms with Crippen LogP contribution in [0.15, 0.2) is 144 Å². The van der Waals surface area contributed by atoms with E-state index >= 15 is 0 Å². The minimum absolute atomic E-state index is 0.143. The SMILES string of the molecule is Cc1cnccc1-c1cccc(C2CCCCN2S(=O)(=O)c2ccccc2C)c1.Cc1cnccc1-c1cccc(C2CCCCN2S(=O)(=O)c2ccccc2C)c1. The van der Waals surface area contributed by atoms with Gasteiger partial charge in [-0.2, -0.15) is 8.61 Å². The van der Waals surface area contributed by atoms with Crippen molar-refractivity contribution in [3.05, 3.63) is 167 Å². The fourth-order valence-electron chi connectivity index (χ4n) is 8.42. The summed E-state index contributed by atoms with van der Waals surface area (Å²) < 4.78 is 57.5. The molecule has 4 heterocycles. The highest BCUT2D eigenvalue weighted by atomic mass is 32.2. The first-order chi connectivity index (χ1) is 28.0. The molecule has 2 saturated heterocycles. The van der Waals surface area contributed by atoms with Crippen LogP contribution >= 0.6 is 0 Å². The molecule has 0 N–H and O–H groups in total. The van der Waals surface area contributed by atoms with E-state index in [-0.39, 0.29) is 12.1 Å². The molecule has 10 heteroatoms. The number of piperidine rings is 2. The van der Waals surface area contributed by atoms with Gasteiger partial charge in [-0.25, -0.2) is 16.8 Å². The first kappa shape index (κ1) is 41.2. The number of nitrogens with zero attached hydrogens (tertiary/aromatic N) is 4. The van der Waals surface area contributed by atoms with E-state index in [0.29, 0.717) is 22.9 Å². The molecule has 8 nitrogen and oxygen atoms in total. The zero-order valence-corrected chi connectivity index (χ0v) is 35.4. The molecule has 8 rings (SSSR count). The summed E-state index contributed by atoms with van der Waals surface area (Å²) in [6.45, 7) is 8.92. The van der Waals surface area contributed by atoms with Gasteiger partial charge in [-0.15, -0.1) is 0 Å². The lowest BCUT2D eigenvalue weighted by Gasteiger charge is -2.35. The molecule has 0 saturated carbocycles. The van der Waals surface area contributed by atoms with Crippen molar-refractivity contribution in [1.29, 1.82) is 0 Å². The number of hydrogen-bond donors (Lipinski definition) is 0. The number of benzene rings is 4. The first-order valence-corrected chi connectivity index (χ1v) is 23.0. The molecule has 0 amide bonds. The van der Waals surface area contributed by atoms with Gasteiger partial charge in [0.2, 0.25) is 20.0 Å². The number of sulfonamides is 2. The highest BCUT2D eigenvalue weighted by Crippen LogP contribution is 2.39. The zero-order chi connectivity index (χ0) is 40.9. The van der Waals surface area contributed by atoms with Gasteiger partial charge in [-0.05, 0) is 145 Å². The van der Waals surface area contributed by atoms with E-state index in [9.17, 15) is 16.8 Å². The van der Waals surface area contributed by atoms with Gasteiger partial charge >= 0.3 is 0 Å². The smallest absolute Gasteiger partial charge is 0.243 e. The highest BCUT2D eigenvalue weighted by Gasteiger charge is 2.36. The summed E-state index contributed by atoms with van der Waals surface area (Å²) in [7, 11) is -7.10. The Kier molecular flexibility index (Phi) is 12.7. The van der Waals surface area contributed by atoms with Crippen LogP contribution in [0.2, 0.25) is 0 Å². The van der Waals surface area contributed by atoms with Crippen molar-refractivity contribution in [1.82, 2.24) is 18.6 Å². The predicted octanol–water partition coefficient (Wildman–Crippen LogP) is 10.6. The Hall–Kier alpha value is -5.00. The summed E-state index contributed by atoms with van der Waals surface area (Å²) in [5.41, 5.74) is 10.4. The lowest BCUT2D eigenvalue weighted by molar-refractivity contribution is 0.255. The molecule has 0 aliphatic carbocycles. The number of aromatic nitrogens is 2. The van der Waals surface area contributed by atoms with Gasteiger partial charge < -0.3 is 0 Å². The van der Waals surface area contributed by atoms with Crippen molar-refractivity contribution in [3.8, 4) is 22.3 Å². The molecule has 2 aromatic heterocycles. The second-order valence-electron chi connectivity index (χ2n) is 15.4. The molecule has 2 atom stereocenters. The molecule has 2 aliphatic heterocycles. The Labute approximate surface area is 344 Å². The molecule has 58 heavy (non-hydrogen) atoms. The Morgan fingerprint density at radius 2 is 0.897 bits per heavy atom. The Bertz CT molecular complexity index is 2430. The third kappa shape index (κ3) is 8.71. The monoisotopic (exact) mass is 812 g/mol. The third-order valence-electron chi connectivity index (χ3n) is 11.5. The van der Waals surface area contributed by atoms with Crippen LogP contribution < -0.4 is 0 Å². The average Bonchev–Trinajstić information content (AvgIpc) is 3.24. The molecular formula is C48H52N4O4S2. The quantitative estimate of drug-likeness (QED) is 0.152. The molecule has 300 valence electrons. The molecule has 0 radical (unpaired) electrons. The fraction of sp³-hybridized carbons (Fsp3) is 0.292. The van der Waals surface area contributed by atoms with Crippen molar-refractivity contribution in [2.45, 2.75) is 88.1 Å². The van der Waals surface area contributed by atoms with Gasteiger partial charge in [0.05, 0.1) is 21.9 Å². The molecule has 6 aromatic rings. The zero-order valence-electron chi connectivity index (χ0n) is 33.8. The fourth-order valence-corrected chi connectivity index (χ4v) is 12.2. The van der Waals surface area contributed by atoms with Gasteiger partial charge in [0, 0.05) is 37.9 Å². The van der Waals surface area contributed by atoms with Crippen LogP contribution in [0.1, 0.15) is 84.0 Å². The summed E-state index contributed by atoms with van der Waals surface area (Å²) >= 11 is 0. The van der Waals surface area contributed by atoms with Crippen LogP contribution in [-0.4, -0.2) is 48.5 Å². The van der Waals surface area contributed by atoms with Crippen molar-refractivity contribution < 1.29 is 16.8 Å². The lowest BCUT2D eigenvalue weighted by atomic mass is 9.94. The molecule has 0 bridgehead atoms. The van der Waals surface area contributed by atoms with Crippen LogP contribution in [0.3, 0.4) is 0 Å². The van der Waals surface area contributed by atoms with Crippen LogP contribution in [0, 0.1) is 27.7 Å². The van der Waals surface area contributed by atoms with E-state index in [0.717, 1.165) is 94.2 Å². The topological polar surface area (TPSA) is 101 Å². The van der Waals surface area contributed by atoms with E-state index in [2.05, 4.69) is 46.4 Å². The lowest BCUT2D eigenvalue weighted by Crippen LogP contribution is -2.38. The minimum Gasteiger partial charge on any atom is -0.264 e.